The molecule has 7 heavy (non-hydrogen) atoms. The van der Waals surface area contributed by atoms with Crippen LogP contribution in [0, 0.1) is 0 Å². The number of aliphatic hydroxyl groups excluding tert-OH is 1. The van der Waals surface area contributed by atoms with E-state index in [0.717, 1.165) is 6.08 Å². The van der Waals surface area contributed by atoms with Gasteiger partial charge in [0.2, 0.25) is 0 Å². The molecule has 0 unspecified atom stereocenters. The van der Waals surface area contributed by atoms with Crippen molar-refractivity contribution >= 4 is 0 Å². The minimum Gasteiger partial charge on any atom is -0.512 e. The summed E-state index contributed by atoms with van der Waals surface area (Å²) in [5.74, 6) is -1.67. The molecule has 0 aromatic heterocycles. The number of rotatable bonds is 0. The number of aliphatic hydroxyl groups is 3. The van der Waals surface area contributed by atoms with Crippen molar-refractivity contribution in [2.45, 2.75) is 12.2 Å². The lowest BCUT2D eigenvalue weighted by Gasteiger charge is -2.24. The van der Waals surface area contributed by atoms with Gasteiger partial charge in [0, 0.05) is 6.08 Å². The van der Waals surface area contributed by atoms with Crippen LogP contribution < -0.4 is 0 Å². The van der Waals surface area contributed by atoms with Crippen molar-refractivity contribution < 1.29 is 15.3 Å². The van der Waals surface area contributed by atoms with Crippen LogP contribution in [0.4, 0.5) is 0 Å². The molecule has 1 aliphatic rings. The van der Waals surface area contributed by atoms with Crippen LogP contribution >= 0.6 is 0 Å². The average molecular weight is 102 g/mol. The fraction of sp³-hybridized carbons (Fsp3) is 0.500. The lowest BCUT2D eigenvalue weighted by Crippen LogP contribution is -2.33. The summed E-state index contributed by atoms with van der Waals surface area (Å²) in [6, 6.07) is 0. The van der Waals surface area contributed by atoms with Gasteiger partial charge in [0.05, 0.1) is 12.2 Å². The first-order chi connectivity index (χ1) is 3.10. The van der Waals surface area contributed by atoms with Gasteiger partial charge in [-0.25, -0.2) is 0 Å². The van der Waals surface area contributed by atoms with E-state index < -0.39 is 5.79 Å². The fourth-order valence-electron chi connectivity index (χ4n) is 0.504. The maximum Gasteiger partial charge on any atom is 0.193 e. The minimum absolute atomic E-state index is 0.0347. The van der Waals surface area contributed by atoms with Gasteiger partial charge in [0.1, 0.15) is 0 Å². The molecule has 0 bridgehead atoms. The Labute approximate surface area is 40.5 Å². The van der Waals surface area contributed by atoms with Gasteiger partial charge < -0.3 is 15.3 Å². The highest BCUT2D eigenvalue weighted by atomic mass is 16.5. The summed E-state index contributed by atoms with van der Waals surface area (Å²) in [5.41, 5.74) is 0. The second-order valence-corrected chi connectivity index (χ2v) is 1.69. The Bertz CT molecular complexity index is 114. The van der Waals surface area contributed by atoms with Crippen LogP contribution in [0.3, 0.4) is 0 Å². The molecule has 40 valence electrons. The van der Waals surface area contributed by atoms with E-state index in [-0.39, 0.29) is 12.2 Å². The highest BCUT2D eigenvalue weighted by molar-refractivity contribution is 5.14. The topological polar surface area (TPSA) is 60.7 Å². The van der Waals surface area contributed by atoms with Crippen LogP contribution in [0.5, 0.6) is 0 Å². The largest absolute Gasteiger partial charge is 0.512 e. The molecular formula is C4H6O3. The summed E-state index contributed by atoms with van der Waals surface area (Å²) in [6.45, 7) is 0. The van der Waals surface area contributed by atoms with Gasteiger partial charge in [-0.3, -0.25) is 0 Å². The average Bonchev–Trinajstić information content (AvgIpc) is 1.27. The number of hydrogen-bond acceptors (Lipinski definition) is 3. The first kappa shape index (κ1) is 4.61. The lowest BCUT2D eigenvalue weighted by molar-refractivity contribution is -0.142. The third-order valence-corrected chi connectivity index (χ3v) is 0.839. The Hall–Kier alpha value is -0.540. The summed E-state index contributed by atoms with van der Waals surface area (Å²) in [5, 5.41) is 25.1. The lowest BCUT2D eigenvalue weighted by atomic mass is 10.0. The summed E-state index contributed by atoms with van der Waals surface area (Å²) >= 11 is 0. The Morgan fingerprint density at radius 1 is 1.57 bits per heavy atom. The summed E-state index contributed by atoms with van der Waals surface area (Å²) in [6.07, 6.45) is 0.958. The van der Waals surface area contributed by atoms with Crippen LogP contribution in [0.2, 0.25) is 0 Å². The molecule has 0 aromatic carbocycles. The first-order valence-corrected chi connectivity index (χ1v) is 1.96. The van der Waals surface area contributed by atoms with E-state index in [1.54, 1.807) is 0 Å². The van der Waals surface area contributed by atoms with Gasteiger partial charge in [0.25, 0.3) is 0 Å². The standard InChI is InChI=1S/C4H6O3/c5-3-1-4(6,7)2-3/h1,5-7H,2H2. The predicted octanol–water partition coefficient (Wildman–Crippen LogP) is -0.487. The molecule has 0 aromatic rings. The van der Waals surface area contributed by atoms with Crippen LogP contribution in [-0.2, 0) is 0 Å². The Balaban J connectivity index is 2.60. The van der Waals surface area contributed by atoms with E-state index in [9.17, 15) is 0 Å². The third-order valence-electron chi connectivity index (χ3n) is 0.839. The molecule has 3 nitrogen and oxygen atoms in total. The molecule has 0 radical (unpaired) electrons. The van der Waals surface area contributed by atoms with Crippen molar-refractivity contribution in [2.75, 3.05) is 0 Å². The molecule has 0 amide bonds. The molecule has 0 heterocycles. The molecular weight excluding hydrogens is 96.0 g/mol. The minimum atomic E-state index is -1.72. The van der Waals surface area contributed by atoms with Gasteiger partial charge in [-0.05, 0) is 0 Å². The van der Waals surface area contributed by atoms with Crippen molar-refractivity contribution in [3.63, 3.8) is 0 Å². The van der Waals surface area contributed by atoms with E-state index in [1.165, 1.54) is 0 Å². The Kier molecular flexibility index (Phi) is 0.654. The monoisotopic (exact) mass is 102 g/mol. The zero-order valence-corrected chi connectivity index (χ0v) is 3.63. The molecule has 0 atom stereocenters. The van der Waals surface area contributed by atoms with E-state index in [0.29, 0.717) is 0 Å². The number of hydrogen-bond donors (Lipinski definition) is 3. The highest BCUT2D eigenvalue weighted by Crippen LogP contribution is 2.24. The van der Waals surface area contributed by atoms with E-state index in [4.69, 9.17) is 15.3 Å². The van der Waals surface area contributed by atoms with Crippen LogP contribution in [0.15, 0.2) is 11.8 Å². The summed E-state index contributed by atoms with van der Waals surface area (Å²) in [4.78, 5) is 0. The van der Waals surface area contributed by atoms with Crippen molar-refractivity contribution in [2.24, 2.45) is 0 Å². The molecule has 1 rings (SSSR count). The molecule has 3 heteroatoms. The maximum absolute atomic E-state index is 8.40. The second-order valence-electron chi connectivity index (χ2n) is 1.69. The second kappa shape index (κ2) is 0.993. The molecule has 1 aliphatic carbocycles. The first-order valence-electron chi connectivity index (χ1n) is 1.96. The molecule has 0 aliphatic heterocycles. The van der Waals surface area contributed by atoms with E-state index >= 15 is 0 Å². The molecule has 0 spiro atoms. The van der Waals surface area contributed by atoms with Gasteiger partial charge in [-0.2, -0.15) is 0 Å². The van der Waals surface area contributed by atoms with Gasteiger partial charge in [0.15, 0.2) is 5.79 Å². The zero-order chi connectivity index (χ0) is 5.49. The Morgan fingerprint density at radius 2 is 2.00 bits per heavy atom. The van der Waals surface area contributed by atoms with Crippen LogP contribution in [0.1, 0.15) is 6.42 Å². The highest BCUT2D eigenvalue weighted by Gasteiger charge is 2.31. The summed E-state index contributed by atoms with van der Waals surface area (Å²) < 4.78 is 0. The quantitative estimate of drug-likeness (QED) is 0.362. The van der Waals surface area contributed by atoms with Crippen molar-refractivity contribution in [1.29, 1.82) is 0 Å². The normalized spacial score (nSPS) is 25.7. The summed E-state index contributed by atoms with van der Waals surface area (Å²) in [7, 11) is 0. The van der Waals surface area contributed by atoms with Gasteiger partial charge in [-0.15, -0.1) is 0 Å². The van der Waals surface area contributed by atoms with Crippen molar-refractivity contribution in [3.05, 3.63) is 11.8 Å². The van der Waals surface area contributed by atoms with Gasteiger partial charge >= 0.3 is 0 Å². The zero-order valence-electron chi connectivity index (χ0n) is 3.63. The SMILES string of the molecule is OC1=CC(O)(O)C1. The van der Waals surface area contributed by atoms with E-state index in [2.05, 4.69) is 0 Å². The molecule has 0 saturated heterocycles. The van der Waals surface area contributed by atoms with Crippen LogP contribution in [-0.4, -0.2) is 21.1 Å². The maximum atomic E-state index is 8.40. The van der Waals surface area contributed by atoms with Crippen LogP contribution in [0.25, 0.3) is 0 Å². The molecule has 3 N–H and O–H groups in total. The van der Waals surface area contributed by atoms with Gasteiger partial charge in [-0.1, -0.05) is 0 Å². The van der Waals surface area contributed by atoms with E-state index in [1.807, 2.05) is 0 Å². The van der Waals surface area contributed by atoms with Crippen molar-refractivity contribution in [1.82, 2.24) is 0 Å². The molecule has 0 saturated carbocycles. The fourth-order valence-corrected chi connectivity index (χ4v) is 0.504. The smallest absolute Gasteiger partial charge is 0.193 e. The third kappa shape index (κ3) is 0.730. The molecule has 0 fully saturated rings. The Morgan fingerprint density at radius 3 is 2.00 bits per heavy atom. The van der Waals surface area contributed by atoms with Crippen molar-refractivity contribution in [3.8, 4) is 0 Å². The predicted molar refractivity (Wildman–Crippen MR) is 22.5 cm³/mol.